The molecular formula is C10H10Br2O4. The van der Waals surface area contributed by atoms with Gasteiger partial charge < -0.3 is 14.9 Å². The monoisotopic (exact) mass is 352 g/mol. The highest BCUT2D eigenvalue weighted by Gasteiger charge is 2.13. The zero-order valence-electron chi connectivity index (χ0n) is 8.41. The van der Waals surface area contributed by atoms with Crippen molar-refractivity contribution in [3.05, 3.63) is 26.6 Å². The van der Waals surface area contributed by atoms with Crippen molar-refractivity contribution < 1.29 is 19.7 Å². The Labute approximate surface area is 109 Å². The Bertz CT molecular complexity index is 381. The van der Waals surface area contributed by atoms with E-state index in [9.17, 15) is 4.79 Å². The molecule has 2 N–H and O–H groups in total. The molecule has 0 aromatic heterocycles. The van der Waals surface area contributed by atoms with Crippen molar-refractivity contribution in [3.8, 4) is 5.75 Å². The summed E-state index contributed by atoms with van der Waals surface area (Å²) in [5, 5.41) is 17.9. The van der Waals surface area contributed by atoms with Crippen LogP contribution in [0.4, 0.5) is 0 Å². The van der Waals surface area contributed by atoms with Gasteiger partial charge in [0.25, 0.3) is 0 Å². The summed E-state index contributed by atoms with van der Waals surface area (Å²) in [6.07, 6.45) is -0.585. The first-order valence-electron chi connectivity index (χ1n) is 4.45. The molecule has 0 aliphatic rings. The molecule has 16 heavy (non-hydrogen) atoms. The van der Waals surface area contributed by atoms with Gasteiger partial charge in [0.2, 0.25) is 0 Å². The average molecular weight is 354 g/mol. The summed E-state index contributed by atoms with van der Waals surface area (Å²) in [5.74, 6) is -0.533. The summed E-state index contributed by atoms with van der Waals surface area (Å²) < 4.78 is 6.38. The highest BCUT2D eigenvalue weighted by Crippen LogP contribution is 2.34. The van der Waals surface area contributed by atoms with Crippen LogP contribution in [0.1, 0.15) is 17.3 Å². The van der Waals surface area contributed by atoms with Gasteiger partial charge in [-0.05, 0) is 50.9 Å². The second-order valence-corrected chi connectivity index (χ2v) is 4.94. The predicted molar refractivity (Wildman–Crippen MR) is 66.0 cm³/mol. The first kappa shape index (κ1) is 13.5. The molecule has 0 radical (unpaired) electrons. The molecule has 0 saturated heterocycles. The minimum absolute atomic E-state index is 0.142. The zero-order chi connectivity index (χ0) is 12.3. The first-order valence-corrected chi connectivity index (χ1v) is 6.03. The molecule has 6 heteroatoms. The molecule has 1 atom stereocenters. The second-order valence-electron chi connectivity index (χ2n) is 3.23. The lowest BCUT2D eigenvalue weighted by atomic mass is 10.2. The lowest BCUT2D eigenvalue weighted by Gasteiger charge is -2.12. The van der Waals surface area contributed by atoms with Gasteiger partial charge in [-0.2, -0.15) is 0 Å². The van der Waals surface area contributed by atoms with Crippen LogP contribution >= 0.6 is 31.9 Å². The second kappa shape index (κ2) is 5.65. The van der Waals surface area contributed by atoms with Crippen LogP contribution in [0.5, 0.6) is 5.75 Å². The number of aliphatic hydroxyl groups is 1. The van der Waals surface area contributed by atoms with Gasteiger partial charge in [-0.3, -0.25) is 0 Å². The Morgan fingerprint density at radius 1 is 1.44 bits per heavy atom. The van der Waals surface area contributed by atoms with E-state index in [1.165, 1.54) is 12.1 Å². The summed E-state index contributed by atoms with van der Waals surface area (Å²) in [4.78, 5) is 10.8. The van der Waals surface area contributed by atoms with Crippen LogP contribution in [0.15, 0.2) is 21.1 Å². The molecule has 1 aromatic rings. The largest absolute Gasteiger partial charge is 0.489 e. The molecule has 1 rings (SSSR count). The van der Waals surface area contributed by atoms with E-state index in [0.717, 1.165) is 0 Å². The number of hydrogen-bond donors (Lipinski definition) is 2. The topological polar surface area (TPSA) is 66.8 Å². The first-order chi connectivity index (χ1) is 7.41. The molecule has 88 valence electrons. The van der Waals surface area contributed by atoms with Gasteiger partial charge in [-0.15, -0.1) is 0 Å². The Morgan fingerprint density at radius 3 is 2.31 bits per heavy atom. The van der Waals surface area contributed by atoms with Crippen molar-refractivity contribution in [3.63, 3.8) is 0 Å². The highest BCUT2D eigenvalue weighted by molar-refractivity contribution is 9.11. The van der Waals surface area contributed by atoms with Gasteiger partial charge in [0.05, 0.1) is 20.6 Å². The van der Waals surface area contributed by atoms with Crippen molar-refractivity contribution in [2.24, 2.45) is 0 Å². The Morgan fingerprint density at radius 2 is 1.94 bits per heavy atom. The van der Waals surface area contributed by atoms with E-state index in [1.54, 1.807) is 6.92 Å². The number of carboxylic acids is 1. The molecule has 0 heterocycles. The molecular weight excluding hydrogens is 344 g/mol. The molecule has 1 aromatic carbocycles. The molecule has 0 bridgehead atoms. The van der Waals surface area contributed by atoms with E-state index in [4.69, 9.17) is 14.9 Å². The number of rotatable bonds is 4. The SMILES string of the molecule is CC(O)COc1c(Br)cc(C(=O)O)cc1Br. The maximum atomic E-state index is 10.8. The summed E-state index contributed by atoms with van der Waals surface area (Å²) in [7, 11) is 0. The highest BCUT2D eigenvalue weighted by atomic mass is 79.9. The summed E-state index contributed by atoms with van der Waals surface area (Å²) in [5.41, 5.74) is 0.156. The number of benzene rings is 1. The third-order valence-corrected chi connectivity index (χ3v) is 2.89. The molecule has 0 fully saturated rings. The van der Waals surface area contributed by atoms with Gasteiger partial charge in [0.15, 0.2) is 0 Å². The minimum Gasteiger partial charge on any atom is -0.489 e. The zero-order valence-corrected chi connectivity index (χ0v) is 11.6. The minimum atomic E-state index is -1.01. The van der Waals surface area contributed by atoms with E-state index in [-0.39, 0.29) is 12.2 Å². The average Bonchev–Trinajstić information content (AvgIpc) is 2.15. The van der Waals surface area contributed by atoms with Crippen LogP contribution < -0.4 is 4.74 Å². The van der Waals surface area contributed by atoms with Crippen molar-refractivity contribution in [1.29, 1.82) is 0 Å². The van der Waals surface area contributed by atoms with Crippen molar-refractivity contribution >= 4 is 37.8 Å². The number of carbonyl (C=O) groups is 1. The standard InChI is InChI=1S/C10H10Br2O4/c1-5(13)4-16-9-7(11)2-6(10(14)15)3-8(9)12/h2-3,5,13H,4H2,1H3,(H,14,15). The van der Waals surface area contributed by atoms with Crippen LogP contribution in [-0.4, -0.2) is 28.9 Å². The number of halogens is 2. The third-order valence-electron chi connectivity index (χ3n) is 1.71. The summed E-state index contributed by atoms with van der Waals surface area (Å²) in [6, 6.07) is 2.90. The normalized spacial score (nSPS) is 12.2. The number of ether oxygens (including phenoxy) is 1. The van der Waals surface area contributed by atoms with Gasteiger partial charge >= 0.3 is 5.97 Å². The van der Waals surface area contributed by atoms with E-state index in [1.807, 2.05) is 0 Å². The van der Waals surface area contributed by atoms with Gasteiger partial charge in [0, 0.05) is 0 Å². The lowest BCUT2D eigenvalue weighted by molar-refractivity contribution is 0.0696. The summed E-state index contributed by atoms with van der Waals surface area (Å²) in [6.45, 7) is 1.75. The van der Waals surface area contributed by atoms with Gasteiger partial charge in [-0.1, -0.05) is 0 Å². The Hall–Kier alpha value is -0.590. The summed E-state index contributed by atoms with van der Waals surface area (Å²) >= 11 is 6.43. The molecule has 1 unspecified atom stereocenters. The van der Waals surface area contributed by atoms with Gasteiger partial charge in [-0.25, -0.2) is 4.79 Å². The fourth-order valence-corrected chi connectivity index (χ4v) is 2.44. The van der Waals surface area contributed by atoms with E-state index < -0.39 is 12.1 Å². The number of carboxylic acid groups (broad SMARTS) is 1. The van der Waals surface area contributed by atoms with E-state index in [0.29, 0.717) is 14.7 Å². The van der Waals surface area contributed by atoms with Crippen molar-refractivity contribution in [2.45, 2.75) is 13.0 Å². The van der Waals surface area contributed by atoms with Crippen LogP contribution in [0.2, 0.25) is 0 Å². The van der Waals surface area contributed by atoms with Crippen molar-refractivity contribution in [2.75, 3.05) is 6.61 Å². The van der Waals surface area contributed by atoms with Crippen molar-refractivity contribution in [1.82, 2.24) is 0 Å². The van der Waals surface area contributed by atoms with E-state index >= 15 is 0 Å². The fraction of sp³-hybridized carbons (Fsp3) is 0.300. The molecule has 4 nitrogen and oxygen atoms in total. The van der Waals surface area contributed by atoms with Crippen LogP contribution in [0, 0.1) is 0 Å². The molecule has 0 aliphatic heterocycles. The third kappa shape index (κ3) is 3.47. The molecule has 0 aliphatic carbocycles. The van der Waals surface area contributed by atoms with Gasteiger partial charge in [0.1, 0.15) is 12.4 Å². The quantitative estimate of drug-likeness (QED) is 0.873. The van der Waals surface area contributed by atoms with Crippen LogP contribution in [0.25, 0.3) is 0 Å². The molecule has 0 saturated carbocycles. The van der Waals surface area contributed by atoms with E-state index in [2.05, 4.69) is 31.9 Å². The smallest absolute Gasteiger partial charge is 0.335 e. The number of aliphatic hydroxyl groups excluding tert-OH is 1. The Kier molecular flexibility index (Phi) is 4.76. The lowest BCUT2D eigenvalue weighted by Crippen LogP contribution is -2.13. The molecule has 0 spiro atoms. The van der Waals surface area contributed by atoms with Crippen LogP contribution in [-0.2, 0) is 0 Å². The maximum absolute atomic E-state index is 10.8. The number of aromatic carboxylic acids is 1. The molecule has 0 amide bonds. The fourth-order valence-electron chi connectivity index (χ4n) is 1.03. The predicted octanol–water partition coefficient (Wildman–Crippen LogP) is 2.67. The Balaban J connectivity index is 2.98. The van der Waals surface area contributed by atoms with Crippen LogP contribution in [0.3, 0.4) is 0 Å². The maximum Gasteiger partial charge on any atom is 0.335 e. The number of hydrogen-bond acceptors (Lipinski definition) is 3.